The van der Waals surface area contributed by atoms with E-state index in [0.29, 0.717) is 53.9 Å². The van der Waals surface area contributed by atoms with E-state index in [2.05, 4.69) is 10.6 Å². The number of halogens is 1. The number of amides is 3. The number of hydrogen-bond donors (Lipinski definition) is 2. The van der Waals surface area contributed by atoms with Crippen molar-refractivity contribution >= 4 is 34.9 Å². The molecule has 8 nitrogen and oxygen atoms in total. The maximum absolute atomic E-state index is 12.8. The Kier molecular flexibility index (Phi) is 5.73. The summed E-state index contributed by atoms with van der Waals surface area (Å²) in [7, 11) is 3.10. The lowest BCUT2D eigenvalue weighted by Gasteiger charge is -2.37. The maximum atomic E-state index is 12.8. The van der Waals surface area contributed by atoms with E-state index in [4.69, 9.17) is 26.1 Å². The summed E-state index contributed by atoms with van der Waals surface area (Å²) in [5.74, 6) is 0.954. The molecule has 3 amide bonds. The van der Waals surface area contributed by atoms with E-state index in [1.807, 2.05) is 0 Å². The van der Waals surface area contributed by atoms with E-state index in [1.54, 1.807) is 61.6 Å². The first-order valence-electron chi connectivity index (χ1n) is 9.89. The van der Waals surface area contributed by atoms with Crippen molar-refractivity contribution in [1.82, 2.24) is 10.2 Å². The molecule has 4 rings (SSSR count). The Bertz CT molecular complexity index is 1030. The Labute approximate surface area is 185 Å². The topological polar surface area (TPSA) is 92.3 Å². The Morgan fingerprint density at radius 1 is 1.13 bits per heavy atom. The van der Waals surface area contributed by atoms with Crippen molar-refractivity contribution in [3.63, 3.8) is 0 Å². The Morgan fingerprint density at radius 3 is 2.48 bits per heavy atom. The van der Waals surface area contributed by atoms with Gasteiger partial charge in [-0.1, -0.05) is 23.7 Å². The molecule has 0 aliphatic carbocycles. The highest BCUT2D eigenvalue weighted by molar-refractivity contribution is 6.47. The molecule has 1 spiro atoms. The molecule has 2 N–H and O–H groups in total. The van der Waals surface area contributed by atoms with Gasteiger partial charge in [0.15, 0.2) is 0 Å². The van der Waals surface area contributed by atoms with Crippen LogP contribution in [0.2, 0.25) is 5.02 Å². The molecule has 0 radical (unpaired) electrons. The van der Waals surface area contributed by atoms with Crippen LogP contribution in [0.4, 0.5) is 10.5 Å². The predicted octanol–water partition coefficient (Wildman–Crippen LogP) is 3.30. The van der Waals surface area contributed by atoms with Crippen molar-refractivity contribution in [3.05, 3.63) is 53.1 Å². The van der Waals surface area contributed by atoms with Gasteiger partial charge >= 0.3 is 6.03 Å². The SMILES string of the molecule is COc1ccc(OC)c(NC(=O)N2CCC3(CC2)N=C(c2ccc(Cl)cc2)C(=O)N3)c1. The second-order valence-electron chi connectivity index (χ2n) is 7.44. The van der Waals surface area contributed by atoms with E-state index in [1.165, 1.54) is 0 Å². The Hall–Kier alpha value is -3.26. The number of anilines is 1. The van der Waals surface area contributed by atoms with Crippen LogP contribution in [0.3, 0.4) is 0 Å². The number of urea groups is 1. The highest BCUT2D eigenvalue weighted by Gasteiger charge is 2.42. The minimum absolute atomic E-state index is 0.207. The van der Waals surface area contributed by atoms with Crippen molar-refractivity contribution < 1.29 is 19.1 Å². The summed E-state index contributed by atoms with van der Waals surface area (Å²) in [5.41, 5.74) is 0.973. The third-order valence-corrected chi connectivity index (χ3v) is 5.78. The number of likely N-dealkylation sites (tertiary alicyclic amines) is 1. The molecule has 162 valence electrons. The third kappa shape index (κ3) is 4.29. The first-order valence-corrected chi connectivity index (χ1v) is 10.3. The zero-order chi connectivity index (χ0) is 22.0. The average Bonchev–Trinajstić information content (AvgIpc) is 3.10. The molecule has 0 unspecified atom stereocenters. The van der Waals surface area contributed by atoms with Gasteiger partial charge in [0.1, 0.15) is 22.9 Å². The van der Waals surface area contributed by atoms with E-state index in [0.717, 1.165) is 5.56 Å². The summed E-state index contributed by atoms with van der Waals surface area (Å²) in [6.07, 6.45) is 1.05. The van der Waals surface area contributed by atoms with Gasteiger partial charge in [-0.25, -0.2) is 4.79 Å². The molecule has 2 aliphatic rings. The molecule has 0 atom stereocenters. The zero-order valence-electron chi connectivity index (χ0n) is 17.3. The Morgan fingerprint density at radius 2 is 1.84 bits per heavy atom. The largest absolute Gasteiger partial charge is 0.497 e. The van der Waals surface area contributed by atoms with E-state index >= 15 is 0 Å². The first-order chi connectivity index (χ1) is 14.9. The minimum Gasteiger partial charge on any atom is -0.497 e. The van der Waals surface area contributed by atoms with Crippen molar-refractivity contribution in [2.45, 2.75) is 18.5 Å². The molecule has 0 aromatic heterocycles. The van der Waals surface area contributed by atoms with Gasteiger partial charge in [0.25, 0.3) is 5.91 Å². The Balaban J connectivity index is 1.43. The third-order valence-electron chi connectivity index (χ3n) is 5.53. The molecule has 0 saturated carbocycles. The second kappa shape index (κ2) is 8.47. The van der Waals surface area contributed by atoms with Crippen molar-refractivity contribution in [2.75, 3.05) is 32.6 Å². The number of rotatable bonds is 4. The van der Waals surface area contributed by atoms with Crippen LogP contribution in [0.25, 0.3) is 0 Å². The first kappa shape index (κ1) is 21.0. The van der Waals surface area contributed by atoms with E-state index in [-0.39, 0.29) is 11.9 Å². The van der Waals surface area contributed by atoms with Gasteiger partial charge < -0.3 is 25.0 Å². The summed E-state index contributed by atoms with van der Waals surface area (Å²) >= 11 is 5.94. The number of ether oxygens (including phenoxy) is 2. The lowest BCUT2D eigenvalue weighted by molar-refractivity contribution is -0.115. The van der Waals surface area contributed by atoms with Crippen LogP contribution in [-0.4, -0.2) is 55.5 Å². The molecule has 2 aromatic rings. The lowest BCUT2D eigenvalue weighted by atomic mass is 9.98. The highest BCUT2D eigenvalue weighted by Crippen LogP contribution is 2.31. The van der Waals surface area contributed by atoms with Gasteiger partial charge in [0, 0.05) is 42.6 Å². The number of hydrogen-bond acceptors (Lipinski definition) is 5. The molecular weight excluding hydrogens is 420 g/mol. The molecule has 2 aliphatic heterocycles. The minimum atomic E-state index is -0.684. The molecule has 0 bridgehead atoms. The maximum Gasteiger partial charge on any atom is 0.321 e. The van der Waals surface area contributed by atoms with E-state index < -0.39 is 5.66 Å². The summed E-state index contributed by atoms with van der Waals surface area (Å²) in [6.45, 7) is 0.908. The van der Waals surface area contributed by atoms with Crippen LogP contribution in [0, 0.1) is 0 Å². The highest BCUT2D eigenvalue weighted by atomic mass is 35.5. The summed E-state index contributed by atoms with van der Waals surface area (Å²) in [6, 6.07) is 12.0. The molecule has 9 heteroatoms. The van der Waals surface area contributed by atoms with Gasteiger partial charge in [0.05, 0.1) is 19.9 Å². The van der Waals surface area contributed by atoms with Crippen LogP contribution < -0.4 is 20.1 Å². The molecule has 2 heterocycles. The van der Waals surface area contributed by atoms with E-state index in [9.17, 15) is 9.59 Å². The molecule has 31 heavy (non-hydrogen) atoms. The van der Waals surface area contributed by atoms with Gasteiger partial charge in [0.2, 0.25) is 0 Å². The van der Waals surface area contributed by atoms with Crippen LogP contribution in [-0.2, 0) is 4.79 Å². The lowest BCUT2D eigenvalue weighted by Crippen LogP contribution is -2.53. The summed E-state index contributed by atoms with van der Waals surface area (Å²) < 4.78 is 10.5. The van der Waals surface area contributed by atoms with Crippen LogP contribution >= 0.6 is 11.6 Å². The van der Waals surface area contributed by atoms with Gasteiger partial charge in [-0.15, -0.1) is 0 Å². The van der Waals surface area contributed by atoms with Gasteiger partial charge in [-0.2, -0.15) is 0 Å². The van der Waals surface area contributed by atoms with Gasteiger partial charge in [-0.3, -0.25) is 9.79 Å². The van der Waals surface area contributed by atoms with Crippen molar-refractivity contribution in [3.8, 4) is 11.5 Å². The van der Waals surface area contributed by atoms with Crippen molar-refractivity contribution in [2.24, 2.45) is 4.99 Å². The molecule has 1 fully saturated rings. The number of piperidine rings is 1. The van der Waals surface area contributed by atoms with Crippen molar-refractivity contribution in [1.29, 1.82) is 0 Å². The predicted molar refractivity (Wildman–Crippen MR) is 118 cm³/mol. The number of aliphatic imine (C=N–C) groups is 1. The van der Waals surface area contributed by atoms with Gasteiger partial charge in [-0.05, 0) is 24.3 Å². The quantitative estimate of drug-likeness (QED) is 0.759. The number of nitrogens with one attached hydrogen (secondary N) is 2. The number of benzene rings is 2. The fourth-order valence-electron chi connectivity index (χ4n) is 3.79. The normalized spacial score (nSPS) is 17.2. The smallest absolute Gasteiger partial charge is 0.321 e. The van der Waals surface area contributed by atoms with Crippen LogP contribution in [0.15, 0.2) is 47.5 Å². The summed E-state index contributed by atoms with van der Waals surface area (Å²) in [5, 5.41) is 6.49. The van der Waals surface area contributed by atoms with Crippen LogP contribution in [0.1, 0.15) is 18.4 Å². The number of methoxy groups -OCH3 is 2. The average molecular weight is 443 g/mol. The fraction of sp³-hybridized carbons (Fsp3) is 0.318. The zero-order valence-corrected chi connectivity index (χ0v) is 18.0. The summed E-state index contributed by atoms with van der Waals surface area (Å²) in [4.78, 5) is 31.7. The number of nitrogens with zero attached hydrogens (tertiary/aromatic N) is 2. The number of carbonyl (C=O) groups excluding carboxylic acids is 2. The molecule has 1 saturated heterocycles. The fourth-order valence-corrected chi connectivity index (χ4v) is 3.92. The number of carbonyl (C=O) groups is 2. The monoisotopic (exact) mass is 442 g/mol. The molecule has 2 aromatic carbocycles. The molecular formula is C22H23ClN4O4. The standard InChI is InChI=1S/C22H23ClN4O4/c1-30-16-7-8-18(31-2)17(13-16)24-21(29)27-11-9-22(10-12-27)25-19(20(28)26-22)14-3-5-15(23)6-4-14/h3-8,13H,9-12H2,1-2H3,(H,24,29)(H,26,28). The van der Waals surface area contributed by atoms with Crippen LogP contribution in [0.5, 0.6) is 11.5 Å². The second-order valence-corrected chi connectivity index (χ2v) is 7.87.